The third-order valence-electron chi connectivity index (χ3n) is 6.77. The first kappa shape index (κ1) is 29.1. The van der Waals surface area contributed by atoms with E-state index in [0.29, 0.717) is 49.1 Å². The van der Waals surface area contributed by atoms with Crippen molar-refractivity contribution < 1.29 is 31.1 Å². The third-order valence-corrected chi connectivity index (χ3v) is 7.68. The molecule has 5 rings (SSSR count). The summed E-state index contributed by atoms with van der Waals surface area (Å²) in [5.74, 6) is -0.506. The lowest BCUT2D eigenvalue weighted by Gasteiger charge is -2.38. The van der Waals surface area contributed by atoms with Crippen LogP contribution in [0.2, 0.25) is 0 Å². The number of pyridine rings is 1. The van der Waals surface area contributed by atoms with Crippen LogP contribution < -0.4 is 24.4 Å². The molecule has 0 saturated carbocycles. The number of hydrogen-bond donors (Lipinski definition) is 1. The van der Waals surface area contributed by atoms with Crippen LogP contribution >= 0.6 is 0 Å². The lowest BCUT2D eigenvalue weighted by molar-refractivity contribution is -0.144. The lowest BCUT2D eigenvalue weighted by Crippen LogP contribution is -2.47. The first-order chi connectivity index (χ1) is 20.0. The Hall–Kier alpha value is -4.43. The van der Waals surface area contributed by atoms with Crippen molar-refractivity contribution >= 4 is 21.5 Å². The van der Waals surface area contributed by atoms with E-state index in [1.165, 1.54) is 38.5 Å². The molecule has 0 bridgehead atoms. The summed E-state index contributed by atoms with van der Waals surface area (Å²) in [6.07, 6.45) is -4.86. The van der Waals surface area contributed by atoms with Gasteiger partial charge in [-0.25, -0.2) is 23.5 Å². The van der Waals surface area contributed by atoms with Crippen LogP contribution in [0.1, 0.15) is 5.82 Å². The number of alkyl halides is 3. The molecule has 0 radical (unpaired) electrons. The van der Waals surface area contributed by atoms with E-state index in [-0.39, 0.29) is 22.0 Å². The van der Waals surface area contributed by atoms with Crippen molar-refractivity contribution in [1.29, 1.82) is 0 Å². The monoisotopic (exact) mass is 600 g/mol. The van der Waals surface area contributed by atoms with Gasteiger partial charge in [0, 0.05) is 49.6 Å². The number of benzene rings is 2. The van der Waals surface area contributed by atoms with Crippen LogP contribution in [0, 0.1) is 0 Å². The zero-order valence-electron chi connectivity index (χ0n) is 22.7. The SMILES string of the molecule is COc1cc(N2CCN(c3nc(C(F)(F)F)nc(-c4cccc(S(N)(=O)=O)c4)c3-c3ccccc3)CC2)cc(OC)n1. The van der Waals surface area contributed by atoms with Gasteiger partial charge in [-0.2, -0.15) is 18.2 Å². The molecule has 0 atom stereocenters. The van der Waals surface area contributed by atoms with E-state index in [4.69, 9.17) is 14.6 Å². The van der Waals surface area contributed by atoms with E-state index in [1.54, 1.807) is 47.4 Å². The van der Waals surface area contributed by atoms with Crippen molar-refractivity contribution in [2.45, 2.75) is 11.1 Å². The first-order valence-electron chi connectivity index (χ1n) is 12.8. The van der Waals surface area contributed by atoms with Crippen molar-refractivity contribution in [1.82, 2.24) is 15.0 Å². The van der Waals surface area contributed by atoms with Crippen LogP contribution in [0.15, 0.2) is 71.6 Å². The van der Waals surface area contributed by atoms with Gasteiger partial charge >= 0.3 is 6.18 Å². The number of aromatic nitrogens is 3. The fourth-order valence-electron chi connectivity index (χ4n) is 4.74. The number of rotatable bonds is 7. The summed E-state index contributed by atoms with van der Waals surface area (Å²) in [7, 11) is -1.13. The Balaban J connectivity index is 1.62. The van der Waals surface area contributed by atoms with E-state index in [9.17, 15) is 21.6 Å². The number of hydrogen-bond acceptors (Lipinski definition) is 9. The van der Waals surface area contributed by atoms with Gasteiger partial charge in [-0.05, 0) is 17.7 Å². The lowest BCUT2D eigenvalue weighted by atomic mass is 9.98. The molecule has 2 N–H and O–H groups in total. The third kappa shape index (κ3) is 6.09. The highest BCUT2D eigenvalue weighted by atomic mass is 32.2. The summed E-state index contributed by atoms with van der Waals surface area (Å²) < 4.78 is 77.2. The number of halogens is 3. The minimum atomic E-state index is -4.86. The molecule has 0 amide bonds. The normalized spacial score (nSPS) is 14.1. The van der Waals surface area contributed by atoms with Crippen molar-refractivity contribution in [3.63, 3.8) is 0 Å². The Kier molecular flexibility index (Phi) is 7.93. The Morgan fingerprint density at radius 2 is 1.38 bits per heavy atom. The molecule has 1 aliphatic heterocycles. The zero-order valence-corrected chi connectivity index (χ0v) is 23.5. The maximum absolute atomic E-state index is 14.2. The average Bonchev–Trinajstić information content (AvgIpc) is 2.99. The molecule has 1 saturated heterocycles. The van der Waals surface area contributed by atoms with Crippen LogP contribution in [-0.4, -0.2) is 63.8 Å². The summed E-state index contributed by atoms with van der Waals surface area (Å²) in [4.78, 5) is 15.8. The van der Waals surface area contributed by atoms with Crippen molar-refractivity contribution in [3.8, 4) is 34.1 Å². The van der Waals surface area contributed by atoms with Gasteiger partial charge in [0.05, 0.1) is 30.4 Å². The molecule has 14 heteroatoms. The molecule has 4 aromatic rings. The quantitative estimate of drug-likeness (QED) is 0.332. The van der Waals surface area contributed by atoms with Gasteiger partial charge in [0.15, 0.2) is 0 Å². The fraction of sp³-hybridized carbons (Fsp3) is 0.250. The van der Waals surface area contributed by atoms with Crippen LogP contribution in [0.4, 0.5) is 24.7 Å². The number of anilines is 2. The van der Waals surface area contributed by atoms with E-state index < -0.39 is 22.0 Å². The second kappa shape index (κ2) is 11.4. The minimum Gasteiger partial charge on any atom is -0.481 e. The molecule has 10 nitrogen and oxygen atoms in total. The summed E-state index contributed by atoms with van der Waals surface area (Å²) in [5, 5.41) is 5.32. The Bertz CT molecular complexity index is 1670. The molecule has 2 aromatic carbocycles. The van der Waals surface area contributed by atoms with Gasteiger partial charge in [0.1, 0.15) is 5.82 Å². The van der Waals surface area contributed by atoms with Crippen molar-refractivity contribution in [2.75, 3.05) is 50.2 Å². The number of nitrogens with zero attached hydrogens (tertiary/aromatic N) is 5. The molecular weight excluding hydrogens is 573 g/mol. The Morgan fingerprint density at radius 1 is 0.786 bits per heavy atom. The summed E-state index contributed by atoms with van der Waals surface area (Å²) in [6.45, 7) is 1.56. The second-order valence-corrected chi connectivity index (χ2v) is 11.0. The van der Waals surface area contributed by atoms with Crippen molar-refractivity contribution in [2.24, 2.45) is 5.14 Å². The topological polar surface area (TPSA) is 124 Å². The maximum atomic E-state index is 14.2. The molecule has 1 fully saturated rings. The molecular formula is C28H27F3N6O4S. The van der Waals surface area contributed by atoms with Gasteiger partial charge in [-0.3, -0.25) is 0 Å². The number of ether oxygens (including phenoxy) is 2. The highest BCUT2D eigenvalue weighted by Crippen LogP contribution is 2.41. The zero-order chi connectivity index (χ0) is 30.1. The highest BCUT2D eigenvalue weighted by Gasteiger charge is 2.38. The summed E-state index contributed by atoms with van der Waals surface area (Å²) >= 11 is 0. The van der Waals surface area contributed by atoms with Gasteiger partial charge in [0.25, 0.3) is 0 Å². The summed E-state index contributed by atoms with van der Waals surface area (Å²) in [5.41, 5.74) is 1.80. The van der Waals surface area contributed by atoms with Gasteiger partial charge in [0.2, 0.25) is 27.6 Å². The van der Waals surface area contributed by atoms with E-state index >= 15 is 0 Å². The standard InChI is InChI=1S/C28H27F3N6O4S/c1-40-22-16-20(17-23(33-22)41-2)36-11-13-37(14-12-36)26-24(18-7-4-3-5-8-18)25(34-27(35-26)28(29,30)31)19-9-6-10-21(15-19)42(32,38)39/h3-10,15-17H,11-14H2,1-2H3,(H2,32,38,39). The molecule has 1 aliphatic rings. The van der Waals surface area contributed by atoms with Crippen LogP contribution in [0.25, 0.3) is 22.4 Å². The highest BCUT2D eigenvalue weighted by molar-refractivity contribution is 7.89. The maximum Gasteiger partial charge on any atom is 0.451 e. The molecule has 2 aromatic heterocycles. The first-order valence-corrected chi connectivity index (χ1v) is 14.3. The van der Waals surface area contributed by atoms with E-state index in [1.807, 2.05) is 4.90 Å². The van der Waals surface area contributed by atoms with Crippen LogP contribution in [0.5, 0.6) is 11.8 Å². The predicted octanol–water partition coefficient (Wildman–Crippen LogP) is 4.22. The van der Waals surface area contributed by atoms with Crippen molar-refractivity contribution in [3.05, 3.63) is 72.6 Å². The van der Waals surface area contributed by atoms with E-state index in [0.717, 1.165) is 5.69 Å². The Labute approximate surface area is 240 Å². The largest absolute Gasteiger partial charge is 0.481 e. The average molecular weight is 601 g/mol. The molecule has 42 heavy (non-hydrogen) atoms. The number of nitrogens with two attached hydrogens (primary N) is 1. The molecule has 3 heterocycles. The molecule has 0 unspecified atom stereocenters. The number of methoxy groups -OCH3 is 2. The number of sulfonamides is 1. The minimum absolute atomic E-state index is 0.0601. The van der Waals surface area contributed by atoms with Crippen LogP contribution in [-0.2, 0) is 16.2 Å². The second-order valence-electron chi connectivity index (χ2n) is 9.42. The number of piperazine rings is 1. The van der Waals surface area contributed by atoms with Gasteiger partial charge in [-0.15, -0.1) is 0 Å². The predicted molar refractivity (Wildman–Crippen MR) is 151 cm³/mol. The van der Waals surface area contributed by atoms with Gasteiger partial charge in [-0.1, -0.05) is 42.5 Å². The van der Waals surface area contributed by atoms with E-state index in [2.05, 4.69) is 15.0 Å². The number of primary sulfonamides is 1. The molecule has 0 spiro atoms. The molecule has 220 valence electrons. The Morgan fingerprint density at radius 3 is 1.95 bits per heavy atom. The molecule has 0 aliphatic carbocycles. The van der Waals surface area contributed by atoms with Crippen LogP contribution in [0.3, 0.4) is 0 Å². The van der Waals surface area contributed by atoms with Gasteiger partial charge < -0.3 is 19.3 Å². The smallest absolute Gasteiger partial charge is 0.451 e. The fourth-order valence-corrected chi connectivity index (χ4v) is 5.30. The summed E-state index contributed by atoms with van der Waals surface area (Å²) in [6, 6.07) is 17.7.